The molecule has 0 aliphatic heterocycles. The van der Waals surface area contributed by atoms with Crippen LogP contribution >= 0.6 is 23.2 Å². The zero-order valence-corrected chi connectivity index (χ0v) is 14.4. The summed E-state index contributed by atoms with van der Waals surface area (Å²) in [7, 11) is 0. The van der Waals surface area contributed by atoms with Gasteiger partial charge in [-0.15, -0.1) is 0 Å². The maximum atomic E-state index is 12.9. The van der Waals surface area contributed by atoms with E-state index in [1.807, 2.05) is 0 Å². The van der Waals surface area contributed by atoms with E-state index in [0.717, 1.165) is 12.3 Å². The quantitative estimate of drug-likeness (QED) is 0.529. The molecule has 0 atom stereocenters. The van der Waals surface area contributed by atoms with Crippen LogP contribution in [-0.4, -0.2) is 5.91 Å². The third-order valence-corrected chi connectivity index (χ3v) is 3.89. The van der Waals surface area contributed by atoms with E-state index >= 15 is 0 Å². The average Bonchev–Trinajstić information content (AvgIpc) is 2.58. The van der Waals surface area contributed by atoms with E-state index in [-0.39, 0.29) is 21.4 Å². The van der Waals surface area contributed by atoms with Crippen LogP contribution in [0.5, 0.6) is 0 Å². The minimum absolute atomic E-state index is 0.198. The second-order valence-corrected chi connectivity index (χ2v) is 5.75. The van der Waals surface area contributed by atoms with E-state index in [1.165, 1.54) is 36.4 Å². The molecule has 1 amide bonds. The van der Waals surface area contributed by atoms with E-state index in [2.05, 4.69) is 10.6 Å². The van der Waals surface area contributed by atoms with Gasteiger partial charge >= 0.3 is 6.18 Å². The smallest absolute Gasteiger partial charge is 0.360 e. The Balaban J connectivity index is 2.19. The first-order valence-electron chi connectivity index (χ1n) is 7.02. The number of rotatable bonds is 4. The van der Waals surface area contributed by atoms with Gasteiger partial charge in [0.15, 0.2) is 0 Å². The number of para-hydroxylation sites is 1. The highest BCUT2D eigenvalue weighted by Gasteiger charge is 2.33. The molecule has 0 aromatic heterocycles. The lowest BCUT2D eigenvalue weighted by molar-refractivity contribution is -0.136. The number of hydrogen-bond acceptors (Lipinski definition) is 3. The van der Waals surface area contributed by atoms with Crippen LogP contribution in [0.25, 0.3) is 0 Å². The summed E-state index contributed by atoms with van der Waals surface area (Å²) in [6, 6.07) is 10.6. The number of carbonyl (C=O) groups excluding carboxylic acids is 1. The highest BCUT2D eigenvalue weighted by Crippen LogP contribution is 2.34. The molecule has 2 aromatic carbocycles. The summed E-state index contributed by atoms with van der Waals surface area (Å²) >= 11 is 11.6. The normalized spacial score (nSPS) is 11.6. The number of benzene rings is 2. The van der Waals surface area contributed by atoms with Gasteiger partial charge in [-0.25, -0.2) is 0 Å². The molecular weight excluding hydrogens is 390 g/mol. The Morgan fingerprint density at radius 3 is 2.42 bits per heavy atom. The number of halogens is 5. The van der Waals surface area contributed by atoms with Crippen LogP contribution in [0.4, 0.5) is 24.5 Å². The fraction of sp³-hybridized carbons (Fsp3) is 0.0588. The monoisotopic (exact) mass is 399 g/mol. The fourth-order valence-electron chi connectivity index (χ4n) is 1.93. The minimum Gasteiger partial charge on any atom is -0.360 e. The third-order valence-electron chi connectivity index (χ3n) is 3.15. The summed E-state index contributed by atoms with van der Waals surface area (Å²) < 4.78 is 38.8. The Morgan fingerprint density at radius 2 is 1.81 bits per heavy atom. The lowest BCUT2D eigenvalue weighted by Crippen LogP contribution is -2.15. The van der Waals surface area contributed by atoms with Crippen molar-refractivity contribution in [3.8, 4) is 6.07 Å². The first-order chi connectivity index (χ1) is 12.2. The number of nitrogens with one attached hydrogen (secondary N) is 2. The second kappa shape index (κ2) is 8.13. The van der Waals surface area contributed by atoms with E-state index < -0.39 is 23.2 Å². The molecule has 0 unspecified atom stereocenters. The second-order valence-electron chi connectivity index (χ2n) is 4.94. The molecule has 0 radical (unpaired) electrons. The summed E-state index contributed by atoms with van der Waals surface area (Å²) in [6.45, 7) is 0. The largest absolute Gasteiger partial charge is 0.418 e. The topological polar surface area (TPSA) is 64.9 Å². The van der Waals surface area contributed by atoms with Gasteiger partial charge in [0.25, 0.3) is 5.91 Å². The van der Waals surface area contributed by atoms with Crippen LogP contribution in [0.3, 0.4) is 0 Å². The molecule has 26 heavy (non-hydrogen) atoms. The van der Waals surface area contributed by atoms with Gasteiger partial charge in [-0.2, -0.15) is 18.4 Å². The number of nitriles is 1. The van der Waals surface area contributed by atoms with Crippen molar-refractivity contribution in [3.63, 3.8) is 0 Å². The van der Waals surface area contributed by atoms with Crippen LogP contribution in [0.15, 0.2) is 54.2 Å². The Morgan fingerprint density at radius 1 is 1.12 bits per heavy atom. The maximum absolute atomic E-state index is 12.9. The Labute approximate surface area is 156 Å². The van der Waals surface area contributed by atoms with E-state index in [9.17, 15) is 18.0 Å². The summed E-state index contributed by atoms with van der Waals surface area (Å²) in [5.74, 6) is -0.817. The molecule has 0 spiro atoms. The first-order valence-corrected chi connectivity index (χ1v) is 7.77. The molecule has 9 heteroatoms. The van der Waals surface area contributed by atoms with Gasteiger partial charge in [-0.05, 0) is 30.3 Å². The average molecular weight is 400 g/mol. The minimum atomic E-state index is -4.58. The highest BCUT2D eigenvalue weighted by molar-refractivity contribution is 6.42. The first kappa shape index (κ1) is 19.6. The number of amides is 1. The number of nitrogens with zero attached hydrogens (tertiary/aromatic N) is 1. The number of carbonyl (C=O) groups is 1. The number of anilines is 2. The van der Waals surface area contributed by atoms with Crippen molar-refractivity contribution >= 4 is 40.5 Å². The fourth-order valence-corrected chi connectivity index (χ4v) is 2.23. The Hall–Kier alpha value is -2.69. The predicted octanol–water partition coefficient (Wildman–Crippen LogP) is 5.47. The third kappa shape index (κ3) is 4.91. The molecule has 0 bridgehead atoms. The van der Waals surface area contributed by atoms with Gasteiger partial charge in [-0.3, -0.25) is 4.79 Å². The van der Waals surface area contributed by atoms with Crippen LogP contribution in [0.2, 0.25) is 10.0 Å². The molecule has 134 valence electrons. The van der Waals surface area contributed by atoms with Crippen LogP contribution in [0.1, 0.15) is 5.56 Å². The van der Waals surface area contributed by atoms with E-state index in [0.29, 0.717) is 0 Å². The molecule has 2 rings (SSSR count). The Kier molecular flexibility index (Phi) is 6.14. The predicted molar refractivity (Wildman–Crippen MR) is 93.9 cm³/mol. The molecule has 2 aromatic rings. The zero-order valence-electron chi connectivity index (χ0n) is 12.9. The van der Waals surface area contributed by atoms with Crippen molar-refractivity contribution < 1.29 is 18.0 Å². The van der Waals surface area contributed by atoms with Gasteiger partial charge in [-0.1, -0.05) is 35.3 Å². The zero-order chi connectivity index (χ0) is 19.3. The molecular formula is C17H10Cl2F3N3O. The van der Waals surface area contributed by atoms with Crippen molar-refractivity contribution in [1.29, 1.82) is 5.26 Å². The SMILES string of the molecule is N#C/C(=C/Nc1ccccc1C(F)(F)F)C(=O)Nc1ccc(Cl)c(Cl)c1. The molecule has 0 fully saturated rings. The van der Waals surface area contributed by atoms with Crippen molar-refractivity contribution in [3.05, 3.63) is 69.8 Å². The summed E-state index contributed by atoms with van der Waals surface area (Å²) in [4.78, 5) is 12.1. The molecule has 0 heterocycles. The van der Waals surface area contributed by atoms with E-state index in [1.54, 1.807) is 6.07 Å². The molecule has 0 saturated carbocycles. The molecule has 0 saturated heterocycles. The van der Waals surface area contributed by atoms with E-state index in [4.69, 9.17) is 28.5 Å². The van der Waals surface area contributed by atoms with Gasteiger partial charge < -0.3 is 10.6 Å². The summed E-state index contributed by atoms with van der Waals surface area (Å²) in [5.41, 5.74) is -1.34. The van der Waals surface area contributed by atoms with Gasteiger partial charge in [0.1, 0.15) is 11.6 Å². The lowest BCUT2D eigenvalue weighted by Gasteiger charge is -2.12. The van der Waals surface area contributed by atoms with Crippen molar-refractivity contribution in [2.75, 3.05) is 10.6 Å². The van der Waals surface area contributed by atoms with Gasteiger partial charge in [0, 0.05) is 11.9 Å². The van der Waals surface area contributed by atoms with Gasteiger partial charge in [0.2, 0.25) is 0 Å². The molecule has 4 nitrogen and oxygen atoms in total. The molecule has 0 aliphatic carbocycles. The Bertz CT molecular complexity index is 905. The molecule has 2 N–H and O–H groups in total. The summed E-state index contributed by atoms with van der Waals surface area (Å²) in [6.07, 6.45) is -3.68. The van der Waals surface area contributed by atoms with Crippen molar-refractivity contribution in [1.82, 2.24) is 0 Å². The highest BCUT2D eigenvalue weighted by atomic mass is 35.5. The van der Waals surface area contributed by atoms with Crippen LogP contribution in [-0.2, 0) is 11.0 Å². The van der Waals surface area contributed by atoms with Crippen molar-refractivity contribution in [2.45, 2.75) is 6.18 Å². The van der Waals surface area contributed by atoms with Crippen molar-refractivity contribution in [2.24, 2.45) is 0 Å². The maximum Gasteiger partial charge on any atom is 0.418 e. The summed E-state index contributed by atoms with van der Waals surface area (Å²) in [5, 5.41) is 14.3. The van der Waals surface area contributed by atoms with Gasteiger partial charge in [0.05, 0.1) is 21.3 Å². The molecule has 0 aliphatic rings. The van der Waals surface area contributed by atoms with Crippen LogP contribution < -0.4 is 10.6 Å². The number of hydrogen-bond donors (Lipinski definition) is 2. The van der Waals surface area contributed by atoms with Crippen LogP contribution in [0, 0.1) is 11.3 Å². The lowest BCUT2D eigenvalue weighted by atomic mass is 10.1. The number of alkyl halides is 3. The standard InChI is InChI=1S/C17H10Cl2F3N3O/c18-13-6-5-11(7-14(13)19)25-16(26)10(8-23)9-24-15-4-2-1-3-12(15)17(20,21)22/h1-7,9,24H,(H,25,26)/b10-9-.